The van der Waals surface area contributed by atoms with Crippen LogP contribution in [0.5, 0.6) is 0 Å². The van der Waals surface area contributed by atoms with E-state index < -0.39 is 10.0 Å². The second-order valence-corrected chi connectivity index (χ2v) is 6.93. The molecule has 2 heterocycles. The Hall–Kier alpha value is -0.690. The monoisotopic (exact) mass is 273 g/mol. The second kappa shape index (κ2) is 4.67. The standard InChI is InChI=1S/C10H11NO2S3/c1-16(12,13)11-10(8-4-6-14-7-8)9-3-2-5-15-9/h2-7,10-11H,1H3. The number of hydrogen-bond donors (Lipinski definition) is 1. The lowest BCUT2D eigenvalue weighted by atomic mass is 10.1. The van der Waals surface area contributed by atoms with E-state index in [9.17, 15) is 8.42 Å². The Morgan fingerprint density at radius 3 is 2.62 bits per heavy atom. The van der Waals surface area contributed by atoms with Crippen LogP contribution in [0.1, 0.15) is 16.5 Å². The first-order chi connectivity index (χ1) is 7.56. The van der Waals surface area contributed by atoms with Gasteiger partial charge in [0.1, 0.15) is 0 Å². The smallest absolute Gasteiger partial charge is 0.209 e. The van der Waals surface area contributed by atoms with Crippen molar-refractivity contribution < 1.29 is 8.42 Å². The molecule has 0 spiro atoms. The zero-order valence-corrected chi connectivity index (χ0v) is 11.0. The van der Waals surface area contributed by atoms with Crippen LogP contribution in [0.4, 0.5) is 0 Å². The molecule has 0 saturated carbocycles. The highest BCUT2D eigenvalue weighted by Gasteiger charge is 2.19. The largest absolute Gasteiger partial charge is 0.213 e. The maximum atomic E-state index is 11.3. The third kappa shape index (κ3) is 2.91. The SMILES string of the molecule is CS(=O)(=O)NC(c1ccsc1)c1cccs1. The van der Waals surface area contributed by atoms with Crippen molar-refractivity contribution in [3.63, 3.8) is 0 Å². The first kappa shape index (κ1) is 11.8. The van der Waals surface area contributed by atoms with Gasteiger partial charge in [-0.05, 0) is 33.8 Å². The minimum atomic E-state index is -3.21. The third-order valence-corrected chi connectivity index (χ3v) is 4.34. The fourth-order valence-electron chi connectivity index (χ4n) is 1.40. The van der Waals surface area contributed by atoms with E-state index in [1.165, 1.54) is 6.26 Å². The molecule has 1 unspecified atom stereocenters. The summed E-state index contributed by atoms with van der Waals surface area (Å²) in [5.74, 6) is 0. The van der Waals surface area contributed by atoms with Crippen molar-refractivity contribution in [2.45, 2.75) is 6.04 Å². The molecule has 1 N–H and O–H groups in total. The lowest BCUT2D eigenvalue weighted by Gasteiger charge is -2.14. The molecule has 0 aliphatic heterocycles. The summed E-state index contributed by atoms with van der Waals surface area (Å²) in [6, 6.07) is 5.53. The summed E-state index contributed by atoms with van der Waals surface area (Å²) in [6.07, 6.45) is 1.18. The maximum Gasteiger partial charge on any atom is 0.209 e. The van der Waals surface area contributed by atoms with Gasteiger partial charge in [0.05, 0.1) is 12.3 Å². The zero-order chi connectivity index (χ0) is 11.6. The van der Waals surface area contributed by atoms with Crippen LogP contribution < -0.4 is 4.72 Å². The number of thiophene rings is 2. The molecule has 2 rings (SSSR count). The Balaban J connectivity index is 2.35. The summed E-state index contributed by atoms with van der Waals surface area (Å²) in [5, 5.41) is 5.85. The third-order valence-electron chi connectivity index (χ3n) is 2.04. The van der Waals surface area contributed by atoms with Crippen molar-refractivity contribution in [1.82, 2.24) is 4.72 Å². The van der Waals surface area contributed by atoms with Crippen molar-refractivity contribution in [1.29, 1.82) is 0 Å². The Bertz CT molecular complexity index is 494. The molecule has 2 aromatic heterocycles. The van der Waals surface area contributed by atoms with Gasteiger partial charge in [-0.15, -0.1) is 11.3 Å². The summed E-state index contributed by atoms with van der Waals surface area (Å²) in [6.45, 7) is 0. The highest BCUT2D eigenvalue weighted by atomic mass is 32.2. The summed E-state index contributed by atoms with van der Waals surface area (Å²) >= 11 is 3.11. The second-order valence-electron chi connectivity index (χ2n) is 3.40. The number of rotatable bonds is 4. The quantitative estimate of drug-likeness (QED) is 0.930. The fourth-order valence-corrected chi connectivity index (χ4v) is 3.65. The molecule has 6 heteroatoms. The molecule has 0 saturated heterocycles. The molecule has 2 aromatic rings. The van der Waals surface area contributed by atoms with Gasteiger partial charge in [-0.1, -0.05) is 6.07 Å². The molecule has 86 valence electrons. The van der Waals surface area contributed by atoms with E-state index in [1.54, 1.807) is 22.7 Å². The van der Waals surface area contributed by atoms with Gasteiger partial charge in [0, 0.05) is 4.88 Å². The number of hydrogen-bond acceptors (Lipinski definition) is 4. The molecule has 0 aliphatic carbocycles. The van der Waals surface area contributed by atoms with Gasteiger partial charge >= 0.3 is 0 Å². The van der Waals surface area contributed by atoms with Gasteiger partial charge < -0.3 is 0 Å². The van der Waals surface area contributed by atoms with Crippen LogP contribution in [-0.4, -0.2) is 14.7 Å². The fraction of sp³-hybridized carbons (Fsp3) is 0.200. The molecule has 0 aromatic carbocycles. The van der Waals surface area contributed by atoms with E-state index in [2.05, 4.69) is 4.72 Å². The lowest BCUT2D eigenvalue weighted by molar-refractivity contribution is 0.580. The van der Waals surface area contributed by atoms with Gasteiger partial charge in [-0.3, -0.25) is 0 Å². The summed E-state index contributed by atoms with van der Waals surface area (Å²) < 4.78 is 25.3. The average molecular weight is 273 g/mol. The predicted molar refractivity (Wildman–Crippen MR) is 68.5 cm³/mol. The van der Waals surface area contributed by atoms with E-state index in [4.69, 9.17) is 0 Å². The number of nitrogens with one attached hydrogen (secondary N) is 1. The average Bonchev–Trinajstić information content (AvgIpc) is 2.86. The Kier molecular flexibility index (Phi) is 3.44. The minimum Gasteiger partial charge on any atom is -0.213 e. The first-order valence-electron chi connectivity index (χ1n) is 4.59. The highest BCUT2D eigenvalue weighted by Crippen LogP contribution is 2.27. The van der Waals surface area contributed by atoms with Crippen molar-refractivity contribution in [3.8, 4) is 0 Å². The van der Waals surface area contributed by atoms with E-state index in [0.717, 1.165) is 10.4 Å². The molecular formula is C10H11NO2S3. The van der Waals surface area contributed by atoms with E-state index >= 15 is 0 Å². The van der Waals surface area contributed by atoms with E-state index in [1.807, 2.05) is 34.3 Å². The molecule has 0 fully saturated rings. The Morgan fingerprint density at radius 2 is 2.12 bits per heavy atom. The first-order valence-corrected chi connectivity index (χ1v) is 8.30. The molecule has 1 atom stereocenters. The van der Waals surface area contributed by atoms with Crippen LogP contribution in [0.3, 0.4) is 0 Å². The zero-order valence-electron chi connectivity index (χ0n) is 8.58. The molecule has 0 aliphatic rings. The van der Waals surface area contributed by atoms with Crippen molar-refractivity contribution >= 4 is 32.7 Å². The van der Waals surface area contributed by atoms with Crippen LogP contribution in [0.15, 0.2) is 34.3 Å². The lowest BCUT2D eigenvalue weighted by Crippen LogP contribution is -2.27. The predicted octanol–water partition coefficient (Wildman–Crippen LogP) is 2.45. The summed E-state index contributed by atoms with van der Waals surface area (Å²) in [5.41, 5.74) is 0.984. The molecule has 0 amide bonds. The van der Waals surface area contributed by atoms with Crippen LogP contribution in [0, 0.1) is 0 Å². The number of sulfonamides is 1. The van der Waals surface area contributed by atoms with E-state index in [0.29, 0.717) is 0 Å². The van der Waals surface area contributed by atoms with Gasteiger partial charge in [-0.25, -0.2) is 13.1 Å². The topological polar surface area (TPSA) is 46.2 Å². The Morgan fingerprint density at radius 1 is 1.31 bits per heavy atom. The van der Waals surface area contributed by atoms with Crippen molar-refractivity contribution in [2.75, 3.05) is 6.26 Å². The normalized spacial score (nSPS) is 13.8. The van der Waals surface area contributed by atoms with Crippen LogP contribution in [-0.2, 0) is 10.0 Å². The van der Waals surface area contributed by atoms with Crippen LogP contribution in [0.2, 0.25) is 0 Å². The molecule has 0 bridgehead atoms. The molecular weight excluding hydrogens is 262 g/mol. The van der Waals surface area contributed by atoms with Gasteiger partial charge in [0.25, 0.3) is 0 Å². The van der Waals surface area contributed by atoms with Gasteiger partial charge in [0.2, 0.25) is 10.0 Å². The minimum absolute atomic E-state index is 0.263. The molecule has 3 nitrogen and oxygen atoms in total. The van der Waals surface area contributed by atoms with Crippen molar-refractivity contribution in [2.24, 2.45) is 0 Å². The van der Waals surface area contributed by atoms with Crippen molar-refractivity contribution in [3.05, 3.63) is 44.8 Å². The van der Waals surface area contributed by atoms with Gasteiger partial charge in [0.15, 0.2) is 0 Å². The summed E-state index contributed by atoms with van der Waals surface area (Å²) in [4.78, 5) is 1.00. The molecule has 16 heavy (non-hydrogen) atoms. The van der Waals surface area contributed by atoms with E-state index in [-0.39, 0.29) is 6.04 Å². The van der Waals surface area contributed by atoms with Gasteiger partial charge in [-0.2, -0.15) is 11.3 Å². The van der Waals surface area contributed by atoms with Crippen LogP contribution >= 0.6 is 22.7 Å². The Labute approximate surface area is 103 Å². The highest BCUT2D eigenvalue weighted by molar-refractivity contribution is 7.88. The maximum absolute atomic E-state index is 11.3. The summed E-state index contributed by atoms with van der Waals surface area (Å²) in [7, 11) is -3.21. The molecule has 0 radical (unpaired) electrons. The van der Waals surface area contributed by atoms with Crippen LogP contribution in [0.25, 0.3) is 0 Å².